The normalized spacial score (nSPS) is 19.0. The number of carbonyl (C=O) groups excluding carboxylic acids is 1. The van der Waals surface area contributed by atoms with Gasteiger partial charge in [0.2, 0.25) is 5.78 Å². The zero-order valence-electron chi connectivity index (χ0n) is 18.2. The maximum Gasteiger partial charge on any atom is 0.333 e. The van der Waals surface area contributed by atoms with E-state index in [1.54, 1.807) is 18.2 Å². The third kappa shape index (κ3) is 6.64. The fraction of sp³-hybridized carbons (Fsp3) is 0.318. The minimum atomic E-state index is -3.98. The molecule has 4 N–H and O–H groups in total. The van der Waals surface area contributed by atoms with Crippen LogP contribution in [-0.4, -0.2) is 41.9 Å². The molecule has 9 nitrogen and oxygen atoms in total. The van der Waals surface area contributed by atoms with Crippen LogP contribution in [0, 0.1) is 5.92 Å². The number of benzene rings is 1. The first-order chi connectivity index (χ1) is 16.6. The monoisotopic (exact) mass is 600 g/mol. The van der Waals surface area contributed by atoms with Gasteiger partial charge >= 0.3 is 10.3 Å². The Balaban J connectivity index is 1.49. The Kier molecular flexibility index (Phi) is 8.21. The molecule has 0 amide bonds. The molecule has 1 aliphatic carbocycles. The topological polar surface area (TPSA) is 144 Å². The van der Waals surface area contributed by atoms with Gasteiger partial charge in [0.25, 0.3) is 0 Å². The number of aromatic nitrogens is 2. The highest BCUT2D eigenvalue weighted by molar-refractivity contribution is 9.10. The lowest BCUT2D eigenvalue weighted by Gasteiger charge is -2.15. The van der Waals surface area contributed by atoms with Crippen molar-refractivity contribution >= 4 is 60.8 Å². The van der Waals surface area contributed by atoms with Crippen molar-refractivity contribution in [1.29, 1.82) is 0 Å². The second kappa shape index (κ2) is 11.0. The van der Waals surface area contributed by atoms with Gasteiger partial charge in [-0.05, 0) is 48.9 Å². The Bertz CT molecular complexity index is 1340. The van der Waals surface area contributed by atoms with Crippen molar-refractivity contribution in [3.63, 3.8) is 0 Å². The highest BCUT2D eigenvalue weighted by Crippen LogP contribution is 2.37. The first-order valence-electron chi connectivity index (χ1n) is 10.6. The predicted molar refractivity (Wildman–Crippen MR) is 137 cm³/mol. The van der Waals surface area contributed by atoms with Crippen LogP contribution >= 0.6 is 38.9 Å². The summed E-state index contributed by atoms with van der Waals surface area (Å²) >= 11 is 10.9. The van der Waals surface area contributed by atoms with Crippen LogP contribution in [0.1, 0.15) is 51.7 Å². The van der Waals surface area contributed by atoms with Crippen molar-refractivity contribution in [2.75, 3.05) is 11.9 Å². The second-order valence-electron chi connectivity index (χ2n) is 8.21. The first kappa shape index (κ1) is 26.1. The fourth-order valence-corrected chi connectivity index (χ4v) is 6.10. The summed E-state index contributed by atoms with van der Waals surface area (Å²) in [6, 6.07) is 8.80. The van der Waals surface area contributed by atoms with E-state index in [1.807, 2.05) is 12.1 Å². The molecule has 3 aromatic rings. The minimum Gasteiger partial charge on any atom is -0.384 e. The number of nitrogens with zero attached hydrogens (tertiary/aromatic N) is 2. The lowest BCUT2D eigenvalue weighted by molar-refractivity contribution is 0.104. The molecular weight excluding hydrogens is 580 g/mol. The van der Waals surface area contributed by atoms with Gasteiger partial charge in [-0.2, -0.15) is 8.42 Å². The van der Waals surface area contributed by atoms with Gasteiger partial charge in [-0.15, -0.1) is 11.3 Å². The summed E-state index contributed by atoms with van der Waals surface area (Å²) in [5, 5.41) is 19.0. The van der Waals surface area contributed by atoms with Crippen LogP contribution in [0.2, 0.25) is 4.34 Å². The average molecular weight is 602 g/mol. The molecule has 2 heterocycles. The molecule has 0 saturated heterocycles. The average Bonchev–Trinajstić information content (AvgIpc) is 3.43. The molecular formula is C22H22BrClN4O5S2. The number of rotatable bonds is 9. The molecule has 0 spiro atoms. The fourth-order valence-electron chi connectivity index (χ4n) is 4.02. The van der Waals surface area contributed by atoms with Crippen LogP contribution in [0.15, 0.2) is 47.3 Å². The number of carbonyl (C=O) groups is 1. The summed E-state index contributed by atoms with van der Waals surface area (Å²) in [4.78, 5) is 21.9. The van der Waals surface area contributed by atoms with E-state index in [0.29, 0.717) is 32.6 Å². The second-order valence-corrected chi connectivity index (χ2v) is 12.0. The van der Waals surface area contributed by atoms with Crippen molar-refractivity contribution in [1.82, 2.24) is 9.97 Å². The summed E-state index contributed by atoms with van der Waals surface area (Å²) < 4.78 is 27.9. The van der Waals surface area contributed by atoms with E-state index in [1.165, 1.54) is 12.5 Å². The summed E-state index contributed by atoms with van der Waals surface area (Å²) in [6.07, 6.45) is 3.94. The Morgan fingerprint density at radius 1 is 1.37 bits per heavy atom. The third-order valence-electron chi connectivity index (χ3n) is 5.70. The Labute approximate surface area is 220 Å². The number of nitrogens with two attached hydrogens (primary N) is 1. The van der Waals surface area contributed by atoms with Crippen LogP contribution < -0.4 is 10.5 Å². The van der Waals surface area contributed by atoms with Gasteiger partial charge in [-0.3, -0.25) is 8.98 Å². The molecule has 2 aromatic heterocycles. The van der Waals surface area contributed by atoms with E-state index in [0.717, 1.165) is 28.7 Å². The standard InChI is InChI=1S/C22H22BrClN4O5S2/c23-14-3-1-2-13(7-14)19(29)16-8-18(34-21(16)24)20(30)17-9-26-11-27-22(17)28-15-5-4-12(6-15)10-33-35(25,31)32/h1-3,7-9,11-12,15,19,29H,4-6,10H2,(H2,25,31,32)(H,26,27,28)/t12-,15+,19?/m1/s1. The molecule has 35 heavy (non-hydrogen) atoms. The molecule has 0 bridgehead atoms. The van der Waals surface area contributed by atoms with Gasteiger partial charge in [-0.25, -0.2) is 15.1 Å². The number of nitrogens with one attached hydrogen (secondary N) is 1. The number of aliphatic hydroxyl groups excluding tert-OH is 1. The van der Waals surface area contributed by atoms with Gasteiger partial charge in [0.1, 0.15) is 18.2 Å². The first-order valence-corrected chi connectivity index (χ1v) is 14.1. The van der Waals surface area contributed by atoms with Crippen molar-refractivity contribution in [2.24, 2.45) is 11.1 Å². The lowest BCUT2D eigenvalue weighted by Crippen LogP contribution is -2.22. The molecule has 13 heteroatoms. The summed E-state index contributed by atoms with van der Waals surface area (Å²) in [5.41, 5.74) is 1.36. The van der Waals surface area contributed by atoms with Crippen LogP contribution in [0.25, 0.3) is 0 Å². The maximum atomic E-state index is 13.3. The van der Waals surface area contributed by atoms with Crippen LogP contribution in [0.4, 0.5) is 5.82 Å². The molecule has 1 unspecified atom stereocenters. The number of hydrogen-bond donors (Lipinski definition) is 3. The van der Waals surface area contributed by atoms with Crippen LogP contribution in [0.5, 0.6) is 0 Å². The zero-order valence-corrected chi connectivity index (χ0v) is 22.2. The minimum absolute atomic E-state index is 0.0172. The van der Waals surface area contributed by atoms with E-state index < -0.39 is 16.4 Å². The van der Waals surface area contributed by atoms with Crippen LogP contribution in [0.3, 0.4) is 0 Å². The number of hydrogen-bond acceptors (Lipinski definition) is 9. The highest BCUT2D eigenvalue weighted by atomic mass is 79.9. The lowest BCUT2D eigenvalue weighted by atomic mass is 10.0. The molecule has 0 aliphatic heterocycles. The van der Waals surface area contributed by atoms with Crippen molar-refractivity contribution in [3.8, 4) is 0 Å². The van der Waals surface area contributed by atoms with Crippen molar-refractivity contribution in [3.05, 3.63) is 73.2 Å². The maximum absolute atomic E-state index is 13.3. The number of aliphatic hydroxyl groups is 1. The third-order valence-corrected chi connectivity index (χ3v) is 8.05. The molecule has 4 rings (SSSR count). The number of thiophene rings is 1. The Morgan fingerprint density at radius 3 is 2.91 bits per heavy atom. The molecule has 3 atom stereocenters. The SMILES string of the molecule is NS(=O)(=O)OC[C@@H]1CC[C@H](Nc2ncncc2C(=O)c2cc(C(O)c3cccc(Br)c3)c(Cl)s2)C1. The van der Waals surface area contributed by atoms with E-state index >= 15 is 0 Å². The molecule has 1 aromatic carbocycles. The van der Waals surface area contributed by atoms with Gasteiger partial charge < -0.3 is 10.4 Å². The molecule has 0 radical (unpaired) electrons. The number of anilines is 1. The molecule has 1 saturated carbocycles. The summed E-state index contributed by atoms with van der Waals surface area (Å²) in [6.45, 7) is 0.0172. The van der Waals surface area contributed by atoms with Gasteiger partial charge in [0, 0.05) is 22.3 Å². The van der Waals surface area contributed by atoms with E-state index in [-0.39, 0.29) is 29.9 Å². The smallest absolute Gasteiger partial charge is 0.333 e. The van der Waals surface area contributed by atoms with Crippen molar-refractivity contribution in [2.45, 2.75) is 31.4 Å². The molecule has 1 aliphatic rings. The largest absolute Gasteiger partial charge is 0.384 e. The summed E-state index contributed by atoms with van der Waals surface area (Å²) in [5.74, 6) is 0.0754. The van der Waals surface area contributed by atoms with E-state index in [4.69, 9.17) is 20.9 Å². The Morgan fingerprint density at radius 2 is 2.17 bits per heavy atom. The molecule has 1 fully saturated rings. The quantitative estimate of drug-likeness (QED) is 0.311. The highest BCUT2D eigenvalue weighted by Gasteiger charge is 2.28. The Hall–Kier alpha value is -1.93. The van der Waals surface area contributed by atoms with Gasteiger partial charge in [0.15, 0.2) is 0 Å². The number of ketones is 1. The predicted octanol–water partition coefficient (Wildman–Crippen LogP) is 4.07. The zero-order chi connectivity index (χ0) is 25.2. The van der Waals surface area contributed by atoms with Gasteiger partial charge in [0.05, 0.1) is 21.4 Å². The van der Waals surface area contributed by atoms with E-state index in [2.05, 4.69) is 31.2 Å². The van der Waals surface area contributed by atoms with Gasteiger partial charge in [-0.1, -0.05) is 39.7 Å². The van der Waals surface area contributed by atoms with E-state index in [9.17, 15) is 18.3 Å². The molecule has 186 valence electrons. The van der Waals surface area contributed by atoms with Crippen LogP contribution in [-0.2, 0) is 14.5 Å². The number of halogens is 2. The summed E-state index contributed by atoms with van der Waals surface area (Å²) in [7, 11) is -3.98. The van der Waals surface area contributed by atoms with Crippen molar-refractivity contribution < 1.29 is 22.5 Å².